The smallest absolute Gasteiger partial charge is 0.276 e. The number of H-pyrrole nitrogens is 1. The molecule has 39 heavy (non-hydrogen) atoms. The first kappa shape index (κ1) is 26.6. The highest BCUT2D eigenvalue weighted by Crippen LogP contribution is 2.33. The van der Waals surface area contributed by atoms with Crippen molar-refractivity contribution < 1.29 is 27.5 Å². The van der Waals surface area contributed by atoms with Crippen molar-refractivity contribution in [1.82, 2.24) is 19.6 Å². The SMILES string of the molecule is O=C(NO)C1c2c([nH]n(-c3ccccc3)c2=O)CCN1S(=O)(=O)c1ccc(OCc2c(F)cccc2Cl)cc1. The number of aromatic nitrogens is 2. The molecule has 13 heteroatoms. The van der Waals surface area contributed by atoms with E-state index < -0.39 is 33.3 Å². The zero-order chi connectivity index (χ0) is 27.7. The van der Waals surface area contributed by atoms with E-state index in [1.54, 1.807) is 30.3 Å². The number of rotatable bonds is 7. The molecule has 1 aliphatic rings. The van der Waals surface area contributed by atoms with E-state index in [-0.39, 0.29) is 46.4 Å². The Morgan fingerprint density at radius 1 is 1.10 bits per heavy atom. The molecule has 0 saturated carbocycles. The predicted molar refractivity (Wildman–Crippen MR) is 139 cm³/mol. The van der Waals surface area contributed by atoms with Crippen molar-refractivity contribution >= 4 is 27.5 Å². The number of nitrogens with zero attached hydrogens (tertiary/aromatic N) is 2. The summed E-state index contributed by atoms with van der Waals surface area (Å²) in [7, 11) is -4.32. The van der Waals surface area contributed by atoms with Gasteiger partial charge in [0.1, 0.15) is 24.2 Å². The minimum absolute atomic E-state index is 0.0815. The van der Waals surface area contributed by atoms with Crippen molar-refractivity contribution in [3.63, 3.8) is 0 Å². The minimum atomic E-state index is -4.32. The quantitative estimate of drug-likeness (QED) is 0.230. The van der Waals surface area contributed by atoms with E-state index in [2.05, 4.69) is 5.10 Å². The molecule has 3 aromatic carbocycles. The maximum Gasteiger partial charge on any atom is 0.276 e. The molecule has 0 aliphatic carbocycles. The molecule has 2 heterocycles. The monoisotopic (exact) mass is 572 g/mol. The summed E-state index contributed by atoms with van der Waals surface area (Å²) in [5, 5.41) is 12.6. The Hall–Kier alpha value is -3.97. The summed E-state index contributed by atoms with van der Waals surface area (Å²) < 4.78 is 49.0. The van der Waals surface area contributed by atoms with Gasteiger partial charge in [-0.05, 0) is 48.5 Å². The molecule has 0 radical (unpaired) electrons. The van der Waals surface area contributed by atoms with E-state index in [1.165, 1.54) is 52.6 Å². The van der Waals surface area contributed by atoms with Gasteiger partial charge in [0.15, 0.2) is 0 Å². The van der Waals surface area contributed by atoms with Gasteiger partial charge in [0.25, 0.3) is 11.5 Å². The maximum atomic E-state index is 14.0. The highest BCUT2D eigenvalue weighted by molar-refractivity contribution is 7.89. The number of hydroxylamine groups is 1. The van der Waals surface area contributed by atoms with Crippen LogP contribution < -0.4 is 15.8 Å². The number of sulfonamides is 1. The first-order valence-electron chi connectivity index (χ1n) is 11.7. The average molecular weight is 573 g/mol. The lowest BCUT2D eigenvalue weighted by atomic mass is 10.0. The second kappa shape index (κ2) is 10.7. The molecule has 5 rings (SSSR count). The molecule has 1 unspecified atom stereocenters. The summed E-state index contributed by atoms with van der Waals surface area (Å²) in [4.78, 5) is 25.9. The number of benzene rings is 3. The zero-order valence-electron chi connectivity index (χ0n) is 20.2. The Balaban J connectivity index is 1.44. The molecule has 1 aliphatic heterocycles. The van der Waals surface area contributed by atoms with Gasteiger partial charge in [-0.2, -0.15) is 4.31 Å². The molecule has 0 saturated heterocycles. The molecule has 0 bridgehead atoms. The van der Waals surface area contributed by atoms with Gasteiger partial charge in [-0.3, -0.25) is 19.9 Å². The second-order valence-electron chi connectivity index (χ2n) is 8.68. The topological polar surface area (TPSA) is 134 Å². The summed E-state index contributed by atoms with van der Waals surface area (Å²) in [6.07, 6.45) is 0.128. The summed E-state index contributed by atoms with van der Waals surface area (Å²) in [6.45, 7) is -0.307. The van der Waals surface area contributed by atoms with Crippen molar-refractivity contribution in [2.75, 3.05) is 6.54 Å². The Morgan fingerprint density at radius 3 is 2.49 bits per heavy atom. The standard InChI is InChI=1S/C26H22ClFN4O6S/c27-20-7-4-8-21(28)19(20)15-38-17-9-11-18(12-10-17)39(36,37)31-14-13-22-23(24(31)25(33)30-35)26(34)32(29-22)16-5-2-1-3-6-16/h1-12,24,29,35H,13-15H2,(H,30,33). The first-order chi connectivity index (χ1) is 18.7. The zero-order valence-corrected chi connectivity index (χ0v) is 21.7. The van der Waals surface area contributed by atoms with Crippen molar-refractivity contribution in [3.05, 3.63) is 111 Å². The molecule has 1 atom stereocenters. The largest absolute Gasteiger partial charge is 0.489 e. The number of carbonyl (C=O) groups is 1. The van der Waals surface area contributed by atoms with Gasteiger partial charge in [0, 0.05) is 24.2 Å². The lowest BCUT2D eigenvalue weighted by Gasteiger charge is -2.32. The maximum absolute atomic E-state index is 14.0. The lowest BCUT2D eigenvalue weighted by Crippen LogP contribution is -2.48. The average Bonchev–Trinajstić information content (AvgIpc) is 3.29. The summed E-state index contributed by atoms with van der Waals surface area (Å²) in [6, 6.07) is 16.6. The molecule has 1 amide bonds. The van der Waals surface area contributed by atoms with Crippen LogP contribution in [0.15, 0.2) is 82.5 Å². The summed E-state index contributed by atoms with van der Waals surface area (Å²) >= 11 is 6.02. The predicted octanol–water partition coefficient (Wildman–Crippen LogP) is 3.33. The molecule has 0 spiro atoms. The second-order valence-corrected chi connectivity index (χ2v) is 11.0. The normalized spacial score (nSPS) is 15.5. The van der Waals surface area contributed by atoms with Gasteiger partial charge in [-0.25, -0.2) is 23.0 Å². The Labute approximate surface area is 227 Å². The van der Waals surface area contributed by atoms with Crippen LogP contribution in [0, 0.1) is 5.82 Å². The molecule has 202 valence electrons. The molecular weight excluding hydrogens is 551 g/mol. The fourth-order valence-electron chi connectivity index (χ4n) is 4.47. The Morgan fingerprint density at radius 2 is 1.82 bits per heavy atom. The van der Waals surface area contributed by atoms with Crippen molar-refractivity contribution in [3.8, 4) is 11.4 Å². The number of halogens is 2. The van der Waals surface area contributed by atoms with Crippen LogP contribution in [0.1, 0.15) is 22.9 Å². The van der Waals surface area contributed by atoms with Crippen LogP contribution in [0.4, 0.5) is 4.39 Å². The van der Waals surface area contributed by atoms with E-state index >= 15 is 0 Å². The van der Waals surface area contributed by atoms with Gasteiger partial charge in [0.05, 0.1) is 21.2 Å². The number of aromatic amines is 1. The van der Waals surface area contributed by atoms with Gasteiger partial charge >= 0.3 is 0 Å². The summed E-state index contributed by atoms with van der Waals surface area (Å²) in [5.74, 6) is -1.34. The number of hydrogen-bond acceptors (Lipinski definition) is 6. The van der Waals surface area contributed by atoms with Crippen LogP contribution >= 0.6 is 11.6 Å². The number of nitrogens with one attached hydrogen (secondary N) is 2. The first-order valence-corrected chi connectivity index (χ1v) is 13.5. The Kier molecular flexibility index (Phi) is 7.28. The van der Waals surface area contributed by atoms with Crippen LogP contribution in [0.25, 0.3) is 5.69 Å². The third-order valence-corrected chi connectivity index (χ3v) is 8.63. The van der Waals surface area contributed by atoms with Crippen LogP contribution in [0.5, 0.6) is 5.75 Å². The van der Waals surface area contributed by atoms with E-state index in [0.717, 1.165) is 4.31 Å². The van der Waals surface area contributed by atoms with Gasteiger partial charge < -0.3 is 4.74 Å². The Bertz CT molecular complexity index is 1670. The lowest BCUT2D eigenvalue weighted by molar-refractivity contribution is -0.133. The van der Waals surface area contributed by atoms with Crippen LogP contribution in [0.2, 0.25) is 5.02 Å². The van der Waals surface area contributed by atoms with Crippen LogP contribution in [0.3, 0.4) is 0 Å². The minimum Gasteiger partial charge on any atom is -0.489 e. The highest BCUT2D eigenvalue weighted by Gasteiger charge is 2.43. The van der Waals surface area contributed by atoms with Crippen molar-refractivity contribution in [2.45, 2.75) is 24.0 Å². The molecule has 4 aromatic rings. The number of carbonyl (C=O) groups excluding carboxylic acids is 1. The van der Waals surface area contributed by atoms with Crippen molar-refractivity contribution in [1.29, 1.82) is 0 Å². The number of fused-ring (bicyclic) bond motifs is 1. The number of para-hydroxylation sites is 1. The summed E-state index contributed by atoms with van der Waals surface area (Å²) in [5.41, 5.74) is 1.84. The fraction of sp³-hybridized carbons (Fsp3) is 0.154. The molecular formula is C26H22ClFN4O6S. The van der Waals surface area contributed by atoms with E-state index in [9.17, 15) is 27.6 Å². The van der Waals surface area contributed by atoms with Gasteiger partial charge in [-0.1, -0.05) is 35.9 Å². The van der Waals surface area contributed by atoms with E-state index in [1.807, 2.05) is 0 Å². The van der Waals surface area contributed by atoms with Crippen molar-refractivity contribution in [2.24, 2.45) is 0 Å². The number of hydrogen-bond donors (Lipinski definition) is 3. The van der Waals surface area contributed by atoms with Gasteiger partial charge in [0.2, 0.25) is 10.0 Å². The third-order valence-electron chi connectivity index (χ3n) is 6.40. The highest BCUT2D eigenvalue weighted by atomic mass is 35.5. The number of amides is 1. The van der Waals surface area contributed by atoms with Crippen LogP contribution in [-0.4, -0.2) is 40.2 Å². The molecule has 0 fully saturated rings. The van der Waals surface area contributed by atoms with Gasteiger partial charge in [-0.15, -0.1) is 0 Å². The third kappa shape index (κ3) is 4.94. The van der Waals surface area contributed by atoms with Crippen LogP contribution in [-0.2, 0) is 27.8 Å². The molecule has 1 aromatic heterocycles. The van der Waals surface area contributed by atoms with E-state index in [0.29, 0.717) is 11.4 Å². The van der Waals surface area contributed by atoms with E-state index in [4.69, 9.17) is 16.3 Å². The molecule has 10 nitrogen and oxygen atoms in total. The number of ether oxygens (including phenoxy) is 1. The molecule has 3 N–H and O–H groups in total. The fourth-order valence-corrected chi connectivity index (χ4v) is 6.25.